The summed E-state index contributed by atoms with van der Waals surface area (Å²) in [6.45, 7) is 2.73. The summed E-state index contributed by atoms with van der Waals surface area (Å²) >= 11 is 0. The van der Waals surface area contributed by atoms with E-state index in [9.17, 15) is 5.11 Å². The van der Waals surface area contributed by atoms with Gasteiger partial charge in [0.15, 0.2) is 11.6 Å². The van der Waals surface area contributed by atoms with Crippen LogP contribution in [0.1, 0.15) is 38.2 Å². The van der Waals surface area contributed by atoms with Crippen molar-refractivity contribution in [2.75, 3.05) is 24.3 Å². The normalized spacial score (nSPS) is 11.9. The van der Waals surface area contributed by atoms with Gasteiger partial charge >= 0.3 is 0 Å². The molecule has 6 heteroatoms. The molecule has 2 aromatic rings. The van der Waals surface area contributed by atoms with Crippen LogP contribution in [0.2, 0.25) is 0 Å². The lowest BCUT2D eigenvalue weighted by atomic mass is 10.1. The van der Waals surface area contributed by atoms with E-state index in [4.69, 9.17) is 10.5 Å². The van der Waals surface area contributed by atoms with Gasteiger partial charge < -0.3 is 20.9 Å². The van der Waals surface area contributed by atoms with Crippen LogP contribution in [0, 0.1) is 0 Å². The van der Waals surface area contributed by atoms with Gasteiger partial charge in [0, 0.05) is 0 Å². The lowest BCUT2D eigenvalue weighted by Gasteiger charge is -2.19. The third kappa shape index (κ3) is 6.58. The van der Waals surface area contributed by atoms with Gasteiger partial charge in [-0.1, -0.05) is 50.1 Å². The summed E-state index contributed by atoms with van der Waals surface area (Å²) in [5.74, 6) is 1.30. The van der Waals surface area contributed by atoms with Gasteiger partial charge in [0.05, 0.1) is 25.5 Å². The maximum absolute atomic E-state index is 9.54. The topological polar surface area (TPSA) is 93.3 Å². The van der Waals surface area contributed by atoms with Crippen molar-refractivity contribution >= 4 is 11.8 Å². The number of hydrogen-bond donors (Lipinski definition) is 3. The number of nitrogen functional groups attached to an aromatic ring is 1. The first-order chi connectivity index (χ1) is 12.2. The fraction of sp³-hybridized carbons (Fsp3) is 0.474. The second-order valence-corrected chi connectivity index (χ2v) is 6.04. The molecule has 0 radical (unpaired) electrons. The fourth-order valence-corrected chi connectivity index (χ4v) is 2.55. The minimum absolute atomic E-state index is 0.0390. The van der Waals surface area contributed by atoms with E-state index >= 15 is 0 Å². The standard InChI is InChI=1S/C19H28N4O2/c1-2-3-11-16(14-24)22-18-17(13-21-19(20)23-18)25-12-7-10-15-8-5-4-6-9-15/h4-6,8-9,13,16,24H,2-3,7,10-12,14H2,1H3,(H3,20,21,22,23)/t16-/m0/s1. The lowest BCUT2D eigenvalue weighted by molar-refractivity contribution is 0.265. The van der Waals surface area contributed by atoms with Crippen LogP contribution in [0.15, 0.2) is 36.5 Å². The molecule has 1 aromatic heterocycles. The quantitative estimate of drug-likeness (QED) is 0.543. The van der Waals surface area contributed by atoms with Crippen LogP contribution in [0.4, 0.5) is 11.8 Å². The number of nitrogens with one attached hydrogen (secondary N) is 1. The number of nitrogens with zero attached hydrogens (tertiary/aromatic N) is 2. The highest BCUT2D eigenvalue weighted by Gasteiger charge is 2.13. The van der Waals surface area contributed by atoms with Gasteiger partial charge in [-0.3, -0.25) is 0 Å². The van der Waals surface area contributed by atoms with Gasteiger partial charge in [-0.15, -0.1) is 0 Å². The third-order valence-corrected chi connectivity index (χ3v) is 3.95. The summed E-state index contributed by atoms with van der Waals surface area (Å²) in [5, 5.41) is 12.8. The van der Waals surface area contributed by atoms with Crippen LogP contribution in [0.25, 0.3) is 0 Å². The van der Waals surface area contributed by atoms with Crippen LogP contribution in [-0.2, 0) is 6.42 Å². The number of anilines is 2. The summed E-state index contributed by atoms with van der Waals surface area (Å²) < 4.78 is 5.84. The zero-order chi connectivity index (χ0) is 17.9. The Morgan fingerprint density at radius 1 is 1.24 bits per heavy atom. The van der Waals surface area contributed by atoms with E-state index in [1.165, 1.54) is 5.56 Å². The largest absolute Gasteiger partial charge is 0.488 e. The second kappa shape index (κ2) is 10.5. The van der Waals surface area contributed by atoms with Gasteiger partial charge in [-0.2, -0.15) is 4.98 Å². The van der Waals surface area contributed by atoms with Crippen molar-refractivity contribution in [3.63, 3.8) is 0 Å². The molecule has 0 aliphatic heterocycles. The Labute approximate surface area is 149 Å². The van der Waals surface area contributed by atoms with E-state index in [0.717, 1.165) is 32.1 Å². The first-order valence-corrected chi connectivity index (χ1v) is 8.89. The number of benzene rings is 1. The smallest absolute Gasteiger partial charge is 0.222 e. The number of aryl methyl sites for hydroxylation is 1. The molecule has 0 saturated carbocycles. The summed E-state index contributed by atoms with van der Waals surface area (Å²) in [4.78, 5) is 8.24. The number of aromatic nitrogens is 2. The van der Waals surface area contributed by atoms with Crippen molar-refractivity contribution in [3.05, 3.63) is 42.1 Å². The molecular weight excluding hydrogens is 316 g/mol. The van der Waals surface area contributed by atoms with Crippen molar-refractivity contribution in [1.82, 2.24) is 9.97 Å². The molecule has 1 aromatic carbocycles. The SMILES string of the molecule is CCCC[C@@H](CO)Nc1nc(N)ncc1OCCCc1ccccc1. The number of hydrogen-bond acceptors (Lipinski definition) is 6. The van der Waals surface area contributed by atoms with Crippen molar-refractivity contribution < 1.29 is 9.84 Å². The molecule has 136 valence electrons. The van der Waals surface area contributed by atoms with E-state index in [-0.39, 0.29) is 18.6 Å². The minimum atomic E-state index is -0.0686. The molecule has 1 atom stereocenters. The average Bonchev–Trinajstić information content (AvgIpc) is 2.64. The molecule has 6 nitrogen and oxygen atoms in total. The Morgan fingerprint density at radius 3 is 2.76 bits per heavy atom. The molecule has 0 fully saturated rings. The first kappa shape index (κ1) is 19.0. The Bertz CT molecular complexity index is 622. The van der Waals surface area contributed by atoms with Crippen LogP contribution in [0.3, 0.4) is 0 Å². The summed E-state index contributed by atoms with van der Waals surface area (Å²) in [6.07, 6.45) is 6.41. The Hall–Kier alpha value is -2.34. The number of aliphatic hydroxyl groups is 1. The van der Waals surface area contributed by atoms with Crippen molar-refractivity contribution in [3.8, 4) is 5.75 Å². The van der Waals surface area contributed by atoms with Crippen molar-refractivity contribution in [2.24, 2.45) is 0 Å². The van der Waals surface area contributed by atoms with E-state index in [1.807, 2.05) is 18.2 Å². The molecule has 0 bridgehead atoms. The zero-order valence-electron chi connectivity index (χ0n) is 14.8. The first-order valence-electron chi connectivity index (χ1n) is 8.89. The van der Waals surface area contributed by atoms with Gasteiger partial charge in [0.25, 0.3) is 0 Å². The van der Waals surface area contributed by atoms with E-state index < -0.39 is 0 Å². The van der Waals surface area contributed by atoms with Crippen LogP contribution < -0.4 is 15.8 Å². The van der Waals surface area contributed by atoms with Crippen LogP contribution >= 0.6 is 0 Å². The lowest BCUT2D eigenvalue weighted by Crippen LogP contribution is -2.25. The molecule has 2 rings (SSSR count). The molecular formula is C19H28N4O2. The molecule has 0 unspecified atom stereocenters. The Morgan fingerprint density at radius 2 is 2.04 bits per heavy atom. The molecule has 0 spiro atoms. The van der Waals surface area contributed by atoms with Crippen LogP contribution in [-0.4, -0.2) is 34.3 Å². The monoisotopic (exact) mass is 344 g/mol. The molecule has 0 amide bonds. The van der Waals surface area contributed by atoms with Gasteiger partial charge in [0.2, 0.25) is 5.95 Å². The highest BCUT2D eigenvalue weighted by Crippen LogP contribution is 2.23. The Kier molecular flexibility index (Phi) is 7.98. The minimum Gasteiger partial charge on any atom is -0.488 e. The molecule has 4 N–H and O–H groups in total. The predicted molar refractivity (Wildman–Crippen MR) is 101 cm³/mol. The second-order valence-electron chi connectivity index (χ2n) is 6.04. The summed E-state index contributed by atoms with van der Waals surface area (Å²) in [7, 11) is 0. The number of ether oxygens (including phenoxy) is 1. The molecule has 25 heavy (non-hydrogen) atoms. The van der Waals surface area contributed by atoms with Gasteiger partial charge in [-0.05, 0) is 24.8 Å². The molecule has 0 aliphatic rings. The number of aliphatic hydroxyl groups excluding tert-OH is 1. The van der Waals surface area contributed by atoms with Crippen LogP contribution in [0.5, 0.6) is 5.75 Å². The predicted octanol–water partition coefficient (Wildman–Crippen LogP) is 3.03. The third-order valence-electron chi connectivity index (χ3n) is 3.95. The fourth-order valence-electron chi connectivity index (χ4n) is 2.55. The van der Waals surface area contributed by atoms with Gasteiger partial charge in [0.1, 0.15) is 0 Å². The highest BCUT2D eigenvalue weighted by atomic mass is 16.5. The maximum Gasteiger partial charge on any atom is 0.222 e. The Balaban J connectivity index is 1.90. The van der Waals surface area contributed by atoms with Crippen molar-refractivity contribution in [2.45, 2.75) is 45.1 Å². The molecule has 1 heterocycles. The maximum atomic E-state index is 9.54. The summed E-state index contributed by atoms with van der Waals surface area (Å²) in [5.41, 5.74) is 6.99. The number of unbranched alkanes of at least 4 members (excludes halogenated alkanes) is 1. The average molecular weight is 344 g/mol. The van der Waals surface area contributed by atoms with E-state index in [2.05, 4.69) is 34.3 Å². The van der Waals surface area contributed by atoms with E-state index in [0.29, 0.717) is 18.2 Å². The zero-order valence-corrected chi connectivity index (χ0v) is 14.8. The van der Waals surface area contributed by atoms with Crippen molar-refractivity contribution in [1.29, 1.82) is 0 Å². The number of rotatable bonds is 11. The summed E-state index contributed by atoms with van der Waals surface area (Å²) in [6, 6.07) is 10.2. The molecule has 0 saturated heterocycles. The number of nitrogens with two attached hydrogens (primary N) is 1. The highest BCUT2D eigenvalue weighted by molar-refractivity contribution is 5.51. The van der Waals surface area contributed by atoms with Gasteiger partial charge in [-0.25, -0.2) is 4.98 Å². The molecule has 0 aliphatic carbocycles. The van der Waals surface area contributed by atoms with E-state index in [1.54, 1.807) is 6.20 Å².